The van der Waals surface area contributed by atoms with E-state index in [2.05, 4.69) is 61.6 Å². The number of benzene rings is 4. The molecule has 0 unspecified atom stereocenters. The standard InChI is InChI=1S/C35H37NO3/c1-25-16-26(2)19-32(18-25)23-36-22-30-7-9-31(10-8-30)24-39-34-13-11-29(12-14-34)6-5-15-38-35(37)33-20-27(3)17-28(4)21-33/h5-14,16-21,36H,15,22-24H2,1-4H3/p+1/b6-5+. The van der Waals surface area contributed by atoms with E-state index in [0.717, 1.165) is 41.1 Å². The van der Waals surface area contributed by atoms with Gasteiger partial charge in [0.25, 0.3) is 0 Å². The van der Waals surface area contributed by atoms with E-state index < -0.39 is 0 Å². The second-order valence-electron chi connectivity index (χ2n) is 10.2. The first kappa shape index (κ1) is 27.9. The lowest BCUT2D eigenvalue weighted by Crippen LogP contribution is -2.80. The van der Waals surface area contributed by atoms with Gasteiger partial charge in [-0.1, -0.05) is 89.0 Å². The van der Waals surface area contributed by atoms with E-state index in [0.29, 0.717) is 12.2 Å². The van der Waals surface area contributed by atoms with Gasteiger partial charge in [-0.2, -0.15) is 0 Å². The van der Waals surface area contributed by atoms with Crippen LogP contribution in [0.25, 0.3) is 6.08 Å². The van der Waals surface area contributed by atoms with E-state index in [4.69, 9.17) is 9.47 Å². The van der Waals surface area contributed by atoms with Gasteiger partial charge in [-0.05, 0) is 69.2 Å². The highest BCUT2D eigenvalue weighted by Gasteiger charge is 2.07. The van der Waals surface area contributed by atoms with Crippen molar-refractivity contribution < 1.29 is 19.6 Å². The molecule has 0 saturated heterocycles. The summed E-state index contributed by atoms with van der Waals surface area (Å²) in [4.78, 5) is 12.3. The number of nitrogens with two attached hydrogens (primary N) is 1. The first-order chi connectivity index (χ1) is 18.8. The Labute approximate surface area is 232 Å². The second kappa shape index (κ2) is 13.6. The monoisotopic (exact) mass is 520 g/mol. The molecule has 0 fully saturated rings. The summed E-state index contributed by atoms with van der Waals surface area (Å²) in [5.41, 5.74) is 10.2. The first-order valence-electron chi connectivity index (χ1n) is 13.5. The van der Waals surface area contributed by atoms with Crippen molar-refractivity contribution in [1.29, 1.82) is 0 Å². The molecular formula is C35H38NO3+. The van der Waals surface area contributed by atoms with Gasteiger partial charge in [0.2, 0.25) is 0 Å². The molecule has 0 spiro atoms. The Kier molecular flexibility index (Phi) is 9.71. The molecule has 0 radical (unpaired) electrons. The third-order valence-electron chi connectivity index (χ3n) is 6.43. The van der Waals surface area contributed by atoms with Crippen LogP contribution in [0, 0.1) is 27.7 Å². The number of aryl methyl sites for hydroxylation is 4. The van der Waals surface area contributed by atoms with Crippen molar-refractivity contribution in [2.45, 2.75) is 47.4 Å². The maximum atomic E-state index is 12.3. The van der Waals surface area contributed by atoms with Gasteiger partial charge in [-0.25, -0.2) is 4.79 Å². The van der Waals surface area contributed by atoms with Crippen LogP contribution < -0.4 is 10.1 Å². The third kappa shape index (κ3) is 8.98. The quantitative estimate of drug-likeness (QED) is 0.226. The zero-order valence-corrected chi connectivity index (χ0v) is 23.4. The van der Waals surface area contributed by atoms with Crippen LogP contribution in [0.4, 0.5) is 0 Å². The predicted octanol–water partition coefficient (Wildman–Crippen LogP) is 6.63. The Balaban J connectivity index is 1.18. The summed E-state index contributed by atoms with van der Waals surface area (Å²) in [5, 5.41) is 2.34. The van der Waals surface area contributed by atoms with Crippen molar-refractivity contribution in [3.8, 4) is 5.75 Å². The highest BCUT2D eigenvalue weighted by molar-refractivity contribution is 5.90. The van der Waals surface area contributed by atoms with Crippen molar-refractivity contribution in [1.82, 2.24) is 0 Å². The molecular weight excluding hydrogens is 482 g/mol. The van der Waals surface area contributed by atoms with Gasteiger partial charge in [0, 0.05) is 11.1 Å². The Hall–Kier alpha value is -4.15. The molecule has 200 valence electrons. The number of esters is 1. The second-order valence-corrected chi connectivity index (χ2v) is 10.2. The van der Waals surface area contributed by atoms with Gasteiger partial charge in [-0.3, -0.25) is 0 Å². The van der Waals surface area contributed by atoms with Crippen molar-refractivity contribution in [3.05, 3.63) is 141 Å². The Bertz CT molecular complexity index is 1380. The summed E-state index contributed by atoms with van der Waals surface area (Å²) in [6.45, 7) is 10.9. The fraction of sp³-hybridized carbons (Fsp3) is 0.229. The number of carbonyl (C=O) groups is 1. The van der Waals surface area contributed by atoms with Crippen LogP contribution in [0.5, 0.6) is 5.75 Å². The minimum atomic E-state index is -0.307. The van der Waals surface area contributed by atoms with E-state index in [1.807, 2.05) is 68.5 Å². The van der Waals surface area contributed by atoms with Crippen molar-refractivity contribution >= 4 is 12.0 Å². The Morgan fingerprint density at radius 2 is 1.26 bits per heavy atom. The molecule has 4 nitrogen and oxygen atoms in total. The average Bonchev–Trinajstić information content (AvgIpc) is 2.90. The molecule has 39 heavy (non-hydrogen) atoms. The molecule has 0 heterocycles. The maximum Gasteiger partial charge on any atom is 0.338 e. The molecule has 4 heteroatoms. The van der Waals surface area contributed by atoms with E-state index in [-0.39, 0.29) is 12.6 Å². The van der Waals surface area contributed by atoms with Gasteiger partial charge >= 0.3 is 5.97 Å². The summed E-state index contributed by atoms with van der Waals surface area (Å²) in [6, 6.07) is 29.0. The van der Waals surface area contributed by atoms with Crippen LogP contribution in [0.1, 0.15) is 54.9 Å². The van der Waals surface area contributed by atoms with E-state index >= 15 is 0 Å². The third-order valence-corrected chi connectivity index (χ3v) is 6.43. The minimum absolute atomic E-state index is 0.226. The highest BCUT2D eigenvalue weighted by atomic mass is 16.5. The lowest BCUT2D eigenvalue weighted by Gasteiger charge is -2.08. The fourth-order valence-electron chi connectivity index (χ4n) is 4.69. The molecule has 0 saturated carbocycles. The zero-order valence-electron chi connectivity index (χ0n) is 23.4. The van der Waals surface area contributed by atoms with Gasteiger partial charge < -0.3 is 14.8 Å². The summed E-state index contributed by atoms with van der Waals surface area (Å²) < 4.78 is 11.3. The highest BCUT2D eigenvalue weighted by Crippen LogP contribution is 2.16. The van der Waals surface area contributed by atoms with E-state index in [1.54, 1.807) is 0 Å². The average molecular weight is 521 g/mol. The summed E-state index contributed by atoms with van der Waals surface area (Å²) in [5.74, 6) is 0.512. The molecule has 0 bridgehead atoms. The number of carbonyl (C=O) groups excluding carboxylic acids is 1. The number of hydrogen-bond acceptors (Lipinski definition) is 3. The molecule has 4 aromatic carbocycles. The predicted molar refractivity (Wildman–Crippen MR) is 158 cm³/mol. The normalized spacial score (nSPS) is 11.1. The van der Waals surface area contributed by atoms with E-state index in [1.165, 1.54) is 22.3 Å². The molecule has 0 amide bonds. The molecule has 0 aliphatic carbocycles. The molecule has 0 atom stereocenters. The lowest BCUT2D eigenvalue weighted by molar-refractivity contribution is -0.686. The fourth-order valence-corrected chi connectivity index (χ4v) is 4.69. The number of hydrogen-bond donors (Lipinski definition) is 1. The Morgan fingerprint density at radius 1 is 0.692 bits per heavy atom. The van der Waals surface area contributed by atoms with Crippen LogP contribution >= 0.6 is 0 Å². The molecule has 4 aromatic rings. The number of ether oxygens (including phenoxy) is 2. The summed E-state index contributed by atoms with van der Waals surface area (Å²) >= 11 is 0. The lowest BCUT2D eigenvalue weighted by atomic mass is 10.1. The van der Waals surface area contributed by atoms with Crippen LogP contribution in [0.2, 0.25) is 0 Å². The van der Waals surface area contributed by atoms with Gasteiger partial charge in [0.1, 0.15) is 32.1 Å². The zero-order chi connectivity index (χ0) is 27.6. The maximum absolute atomic E-state index is 12.3. The molecule has 4 rings (SSSR count). The number of rotatable bonds is 11. The minimum Gasteiger partial charge on any atom is -0.489 e. The molecule has 0 aromatic heterocycles. The summed E-state index contributed by atoms with van der Waals surface area (Å²) in [7, 11) is 0. The van der Waals surface area contributed by atoms with Crippen LogP contribution in [-0.4, -0.2) is 12.6 Å². The van der Waals surface area contributed by atoms with E-state index in [9.17, 15) is 4.79 Å². The molecule has 2 N–H and O–H groups in total. The topological polar surface area (TPSA) is 52.1 Å². The van der Waals surface area contributed by atoms with Gasteiger partial charge in [-0.15, -0.1) is 0 Å². The van der Waals surface area contributed by atoms with Crippen LogP contribution in [0.3, 0.4) is 0 Å². The SMILES string of the molecule is Cc1cc(C)cc(C[NH2+]Cc2ccc(COc3ccc(/C=C/COC(=O)c4cc(C)cc(C)c4)cc3)cc2)c1. The number of quaternary nitrogens is 1. The summed E-state index contributed by atoms with van der Waals surface area (Å²) in [6.07, 6.45) is 3.78. The van der Waals surface area contributed by atoms with Gasteiger partial charge in [0.15, 0.2) is 0 Å². The van der Waals surface area contributed by atoms with Crippen molar-refractivity contribution in [3.63, 3.8) is 0 Å². The van der Waals surface area contributed by atoms with Gasteiger partial charge in [0.05, 0.1) is 5.56 Å². The first-order valence-corrected chi connectivity index (χ1v) is 13.5. The van der Waals surface area contributed by atoms with Crippen LogP contribution in [-0.2, 0) is 24.4 Å². The largest absolute Gasteiger partial charge is 0.489 e. The van der Waals surface area contributed by atoms with Crippen LogP contribution in [0.15, 0.2) is 91.0 Å². The smallest absolute Gasteiger partial charge is 0.338 e. The van der Waals surface area contributed by atoms with Crippen molar-refractivity contribution in [2.24, 2.45) is 0 Å². The van der Waals surface area contributed by atoms with Crippen molar-refractivity contribution in [2.75, 3.05) is 6.61 Å². The molecule has 0 aliphatic rings. The molecule has 0 aliphatic heterocycles. The Morgan fingerprint density at radius 3 is 1.90 bits per heavy atom.